The highest BCUT2D eigenvalue weighted by molar-refractivity contribution is 7.98. The maximum Gasteiger partial charge on any atom is 0.148 e. The van der Waals surface area contributed by atoms with Crippen molar-refractivity contribution in [3.05, 3.63) is 35.7 Å². The lowest BCUT2D eigenvalue weighted by Gasteiger charge is -2.15. The van der Waals surface area contributed by atoms with Gasteiger partial charge in [-0.25, -0.2) is 15.8 Å². The Morgan fingerprint density at radius 3 is 2.57 bits per heavy atom. The molecule has 1 saturated carbocycles. The van der Waals surface area contributed by atoms with Gasteiger partial charge >= 0.3 is 0 Å². The summed E-state index contributed by atoms with van der Waals surface area (Å²) in [7, 11) is 0. The summed E-state index contributed by atoms with van der Waals surface area (Å²) in [6.07, 6.45) is 4.39. The van der Waals surface area contributed by atoms with E-state index in [1.807, 2.05) is 19.1 Å². The number of hydrogen-bond acceptors (Lipinski definition) is 6. The van der Waals surface area contributed by atoms with Crippen LogP contribution in [0, 0.1) is 6.92 Å². The summed E-state index contributed by atoms with van der Waals surface area (Å²) < 4.78 is 0. The van der Waals surface area contributed by atoms with Gasteiger partial charge in [0.25, 0.3) is 0 Å². The number of hydrogen-bond donors (Lipinski definition) is 3. The molecular weight excluding hydrogens is 282 g/mol. The summed E-state index contributed by atoms with van der Waals surface area (Å²) in [6.45, 7) is 1.97. The number of thioether (sulfide) groups is 1. The van der Waals surface area contributed by atoms with Crippen LogP contribution in [-0.2, 0) is 0 Å². The van der Waals surface area contributed by atoms with E-state index in [0.29, 0.717) is 11.7 Å². The van der Waals surface area contributed by atoms with E-state index < -0.39 is 0 Å². The number of aromatic nitrogens is 2. The van der Waals surface area contributed by atoms with E-state index in [9.17, 15) is 0 Å². The molecule has 2 aromatic rings. The fraction of sp³-hybridized carbons (Fsp3) is 0.333. The van der Waals surface area contributed by atoms with Gasteiger partial charge in [0.1, 0.15) is 17.5 Å². The molecule has 0 spiro atoms. The first-order valence-electron chi connectivity index (χ1n) is 6.98. The second-order valence-electron chi connectivity index (χ2n) is 5.15. The van der Waals surface area contributed by atoms with Crippen molar-refractivity contribution >= 4 is 29.1 Å². The molecule has 1 aliphatic carbocycles. The van der Waals surface area contributed by atoms with E-state index in [2.05, 4.69) is 39.1 Å². The monoisotopic (exact) mass is 301 g/mol. The molecule has 21 heavy (non-hydrogen) atoms. The van der Waals surface area contributed by atoms with Crippen molar-refractivity contribution in [3.63, 3.8) is 0 Å². The Labute approximate surface area is 128 Å². The van der Waals surface area contributed by atoms with E-state index in [1.54, 1.807) is 11.8 Å². The van der Waals surface area contributed by atoms with Crippen LogP contribution in [0.5, 0.6) is 0 Å². The number of anilines is 3. The molecule has 4 N–H and O–H groups in total. The van der Waals surface area contributed by atoms with Crippen LogP contribution in [0.25, 0.3) is 0 Å². The fourth-order valence-corrected chi connectivity index (χ4v) is 2.75. The molecule has 0 atom stereocenters. The van der Waals surface area contributed by atoms with Crippen LogP contribution in [0.3, 0.4) is 0 Å². The molecule has 0 unspecified atom stereocenters. The molecule has 6 heteroatoms. The zero-order chi connectivity index (χ0) is 14.8. The molecule has 5 nitrogen and oxygen atoms in total. The van der Waals surface area contributed by atoms with Gasteiger partial charge in [-0.3, -0.25) is 0 Å². The van der Waals surface area contributed by atoms with Crippen molar-refractivity contribution in [3.8, 4) is 0 Å². The van der Waals surface area contributed by atoms with Crippen LogP contribution < -0.4 is 16.6 Å². The van der Waals surface area contributed by atoms with Crippen LogP contribution >= 0.6 is 11.8 Å². The van der Waals surface area contributed by atoms with E-state index in [1.165, 1.54) is 4.90 Å². The van der Waals surface area contributed by atoms with Crippen LogP contribution in [0.1, 0.15) is 30.1 Å². The van der Waals surface area contributed by atoms with Crippen molar-refractivity contribution in [1.29, 1.82) is 0 Å². The lowest BCUT2D eigenvalue weighted by molar-refractivity contribution is 0.920. The quantitative estimate of drug-likeness (QED) is 0.446. The highest BCUT2D eigenvalue weighted by atomic mass is 32.2. The Morgan fingerprint density at radius 2 is 1.90 bits per heavy atom. The molecule has 1 aromatic heterocycles. The van der Waals surface area contributed by atoms with Crippen molar-refractivity contribution in [1.82, 2.24) is 9.97 Å². The Bertz CT molecular complexity index is 655. The lowest BCUT2D eigenvalue weighted by Crippen LogP contribution is -2.14. The topological polar surface area (TPSA) is 75.9 Å². The van der Waals surface area contributed by atoms with Gasteiger partial charge in [0.15, 0.2) is 0 Å². The molecule has 0 amide bonds. The van der Waals surface area contributed by atoms with Crippen LogP contribution in [0.4, 0.5) is 17.3 Å². The second kappa shape index (κ2) is 5.91. The molecule has 1 heterocycles. The molecule has 0 saturated heterocycles. The first kappa shape index (κ1) is 14.2. The Balaban J connectivity index is 1.99. The number of nitrogen functional groups attached to an aromatic ring is 1. The first-order chi connectivity index (χ1) is 10.2. The molecule has 1 fully saturated rings. The second-order valence-corrected chi connectivity index (χ2v) is 6.00. The third kappa shape index (κ3) is 2.96. The van der Waals surface area contributed by atoms with Crippen molar-refractivity contribution in [2.75, 3.05) is 17.0 Å². The molecule has 110 valence electrons. The minimum atomic E-state index is 0.481. The average Bonchev–Trinajstić information content (AvgIpc) is 3.34. The molecular formula is C15H19N5S. The van der Waals surface area contributed by atoms with Crippen LogP contribution in [0.15, 0.2) is 29.2 Å². The van der Waals surface area contributed by atoms with E-state index >= 15 is 0 Å². The standard InChI is InChI=1S/C15H19N5S/c1-9-13(17-11-5-3-4-6-12(11)21-2)18-15(10-7-8-10)19-14(9)20-16/h3-6,10H,7-8,16H2,1-2H3,(H2,17,18,19,20). The number of hydrazine groups is 1. The molecule has 0 aliphatic heterocycles. The van der Waals surface area contributed by atoms with Crippen molar-refractivity contribution in [2.24, 2.45) is 5.84 Å². The third-order valence-electron chi connectivity index (χ3n) is 3.60. The zero-order valence-corrected chi connectivity index (χ0v) is 13.0. The Hall–Kier alpha value is -1.79. The number of nitrogens with two attached hydrogens (primary N) is 1. The number of para-hydroxylation sites is 1. The SMILES string of the molecule is CSc1ccccc1Nc1nc(C2CC2)nc(NN)c1C. The zero-order valence-electron chi connectivity index (χ0n) is 12.2. The van der Waals surface area contributed by atoms with Gasteiger partial charge in [-0.15, -0.1) is 11.8 Å². The van der Waals surface area contributed by atoms with Gasteiger partial charge < -0.3 is 10.7 Å². The molecule has 0 radical (unpaired) electrons. The Kier molecular flexibility index (Phi) is 3.98. The summed E-state index contributed by atoms with van der Waals surface area (Å²) in [5.74, 6) is 8.45. The lowest BCUT2D eigenvalue weighted by atomic mass is 10.2. The van der Waals surface area contributed by atoms with Gasteiger partial charge in [0.2, 0.25) is 0 Å². The third-order valence-corrected chi connectivity index (χ3v) is 4.40. The summed E-state index contributed by atoms with van der Waals surface area (Å²) >= 11 is 1.71. The van der Waals surface area contributed by atoms with E-state index in [0.717, 1.165) is 35.7 Å². The number of nitrogens with one attached hydrogen (secondary N) is 2. The van der Waals surface area contributed by atoms with E-state index in [-0.39, 0.29) is 0 Å². The Morgan fingerprint density at radius 1 is 1.19 bits per heavy atom. The van der Waals surface area contributed by atoms with E-state index in [4.69, 9.17) is 5.84 Å². The number of benzene rings is 1. The first-order valence-corrected chi connectivity index (χ1v) is 8.20. The van der Waals surface area contributed by atoms with Gasteiger partial charge in [-0.1, -0.05) is 12.1 Å². The largest absolute Gasteiger partial charge is 0.339 e. The minimum absolute atomic E-state index is 0.481. The van der Waals surface area contributed by atoms with Gasteiger partial charge in [-0.05, 0) is 38.2 Å². The minimum Gasteiger partial charge on any atom is -0.339 e. The fourth-order valence-electron chi connectivity index (χ4n) is 2.20. The van der Waals surface area contributed by atoms with Crippen molar-refractivity contribution < 1.29 is 0 Å². The highest BCUT2D eigenvalue weighted by Gasteiger charge is 2.28. The summed E-state index contributed by atoms with van der Waals surface area (Å²) in [6, 6.07) is 8.20. The summed E-state index contributed by atoms with van der Waals surface area (Å²) in [4.78, 5) is 10.4. The average molecular weight is 301 g/mol. The predicted molar refractivity (Wildman–Crippen MR) is 88.1 cm³/mol. The normalized spacial score (nSPS) is 14.0. The molecule has 0 bridgehead atoms. The summed E-state index contributed by atoms with van der Waals surface area (Å²) in [5, 5.41) is 3.42. The van der Waals surface area contributed by atoms with Gasteiger partial charge in [-0.2, -0.15) is 0 Å². The number of nitrogens with zero attached hydrogens (tertiary/aromatic N) is 2. The predicted octanol–water partition coefficient (Wildman–Crippen LogP) is 3.41. The maximum absolute atomic E-state index is 5.59. The van der Waals surface area contributed by atoms with Crippen LogP contribution in [0.2, 0.25) is 0 Å². The van der Waals surface area contributed by atoms with Crippen molar-refractivity contribution in [2.45, 2.75) is 30.6 Å². The highest BCUT2D eigenvalue weighted by Crippen LogP contribution is 2.40. The molecule has 1 aliphatic rings. The maximum atomic E-state index is 5.59. The number of rotatable bonds is 5. The summed E-state index contributed by atoms with van der Waals surface area (Å²) in [5.41, 5.74) is 4.66. The molecule has 1 aromatic carbocycles. The van der Waals surface area contributed by atoms with Crippen LogP contribution in [-0.4, -0.2) is 16.2 Å². The molecule has 3 rings (SSSR count). The van der Waals surface area contributed by atoms with Gasteiger partial charge in [0.05, 0.1) is 5.69 Å². The van der Waals surface area contributed by atoms with Gasteiger partial charge in [0, 0.05) is 16.4 Å². The smallest absolute Gasteiger partial charge is 0.148 e.